The summed E-state index contributed by atoms with van der Waals surface area (Å²) in [5, 5.41) is 9.46. The van der Waals surface area contributed by atoms with Gasteiger partial charge < -0.3 is 5.11 Å². The van der Waals surface area contributed by atoms with E-state index in [1.54, 1.807) is 13.8 Å². The molecule has 0 saturated carbocycles. The van der Waals surface area contributed by atoms with Crippen molar-refractivity contribution in [1.82, 2.24) is 4.90 Å². The first-order valence-corrected chi connectivity index (χ1v) is 6.35. The molecule has 0 aliphatic heterocycles. The van der Waals surface area contributed by atoms with E-state index in [4.69, 9.17) is 11.6 Å². The maximum atomic E-state index is 11.9. The average molecular weight is 268 g/mol. The van der Waals surface area contributed by atoms with Crippen LogP contribution in [0.25, 0.3) is 0 Å². The zero-order valence-corrected chi connectivity index (χ0v) is 11.2. The van der Waals surface area contributed by atoms with Gasteiger partial charge in [0.1, 0.15) is 0 Å². The maximum Gasteiger partial charge on any atom is 0.234 e. The number of amides is 2. The first-order valence-electron chi connectivity index (χ1n) is 5.18. The summed E-state index contributed by atoms with van der Waals surface area (Å²) >= 11 is 9.46. The Balaban J connectivity index is 4.66. The number of nitrogens with zero attached hydrogens (tertiary/aromatic N) is 1. The Morgan fingerprint density at radius 3 is 2.44 bits per heavy atom. The molecule has 0 radical (unpaired) electrons. The van der Waals surface area contributed by atoms with E-state index in [0.29, 0.717) is 5.75 Å². The van der Waals surface area contributed by atoms with Crippen molar-refractivity contribution >= 4 is 36.0 Å². The lowest BCUT2D eigenvalue weighted by Gasteiger charge is -2.25. The lowest BCUT2D eigenvalue weighted by atomic mass is 10.0. The third-order valence-corrected chi connectivity index (χ3v) is 2.83. The van der Waals surface area contributed by atoms with Gasteiger partial charge in [-0.1, -0.05) is 13.8 Å². The van der Waals surface area contributed by atoms with Crippen molar-refractivity contribution in [3.8, 4) is 0 Å². The van der Waals surface area contributed by atoms with Crippen LogP contribution in [0.4, 0.5) is 0 Å². The Labute approximate surface area is 106 Å². The van der Waals surface area contributed by atoms with Crippen LogP contribution in [0.1, 0.15) is 20.3 Å². The summed E-state index contributed by atoms with van der Waals surface area (Å²) in [7, 11) is 0. The average Bonchev–Trinajstić information content (AvgIpc) is 2.32. The largest absolute Gasteiger partial charge is 0.391 e. The molecule has 0 aromatic carbocycles. The van der Waals surface area contributed by atoms with Gasteiger partial charge in [-0.15, -0.1) is 11.6 Å². The van der Waals surface area contributed by atoms with Crippen molar-refractivity contribution in [3.63, 3.8) is 0 Å². The predicted octanol–water partition coefficient (Wildman–Crippen LogP) is 0.917. The molecule has 0 fully saturated rings. The van der Waals surface area contributed by atoms with Gasteiger partial charge in [-0.05, 0) is 0 Å². The normalized spacial score (nSPS) is 14.3. The van der Waals surface area contributed by atoms with E-state index in [0.717, 1.165) is 4.90 Å². The van der Waals surface area contributed by atoms with Crippen LogP contribution in [0.2, 0.25) is 0 Å². The predicted molar refractivity (Wildman–Crippen MR) is 66.8 cm³/mol. The zero-order valence-electron chi connectivity index (χ0n) is 9.52. The molecule has 0 saturated heterocycles. The minimum atomic E-state index is -0.929. The molecule has 0 rings (SSSR count). The fourth-order valence-corrected chi connectivity index (χ4v) is 1.66. The highest BCUT2D eigenvalue weighted by molar-refractivity contribution is 7.80. The van der Waals surface area contributed by atoms with Crippen molar-refractivity contribution in [3.05, 3.63) is 0 Å². The van der Waals surface area contributed by atoms with Crippen LogP contribution in [-0.2, 0) is 9.59 Å². The number of aliphatic hydroxyl groups is 1. The van der Waals surface area contributed by atoms with E-state index >= 15 is 0 Å². The van der Waals surface area contributed by atoms with Crippen molar-refractivity contribution in [1.29, 1.82) is 0 Å². The van der Waals surface area contributed by atoms with Crippen molar-refractivity contribution in [2.45, 2.75) is 26.4 Å². The number of hydrogen-bond donors (Lipinski definition) is 2. The maximum absolute atomic E-state index is 11.9. The number of imide groups is 1. The van der Waals surface area contributed by atoms with Crippen LogP contribution in [0, 0.1) is 5.92 Å². The number of carbonyl (C=O) groups excluding carboxylic acids is 2. The van der Waals surface area contributed by atoms with Gasteiger partial charge in [-0.3, -0.25) is 14.5 Å². The Morgan fingerprint density at radius 2 is 2.06 bits per heavy atom. The first kappa shape index (κ1) is 15.7. The number of aliphatic hydroxyl groups excluding tert-OH is 1. The molecule has 0 aromatic heterocycles. The van der Waals surface area contributed by atoms with Crippen LogP contribution in [0.5, 0.6) is 0 Å². The molecule has 1 N–H and O–H groups in total. The number of thiol groups is 1. The van der Waals surface area contributed by atoms with Gasteiger partial charge in [-0.2, -0.15) is 12.6 Å². The SMILES string of the molecule is CCC(=O)N(CCS)C(=O)[C@@H](C)[C@@H](O)CCl. The summed E-state index contributed by atoms with van der Waals surface area (Å²) in [6, 6.07) is 0. The third-order valence-electron chi connectivity index (χ3n) is 2.32. The molecule has 6 heteroatoms. The summed E-state index contributed by atoms with van der Waals surface area (Å²) < 4.78 is 0. The summed E-state index contributed by atoms with van der Waals surface area (Å²) in [6.45, 7) is 3.50. The number of hydrogen-bond acceptors (Lipinski definition) is 4. The monoisotopic (exact) mass is 267 g/mol. The molecular formula is C10H18ClNO3S. The molecule has 0 unspecified atom stereocenters. The van der Waals surface area contributed by atoms with E-state index in [1.807, 2.05) is 0 Å². The van der Waals surface area contributed by atoms with E-state index < -0.39 is 17.9 Å². The lowest BCUT2D eigenvalue weighted by Crippen LogP contribution is -2.44. The molecule has 0 aliphatic carbocycles. The number of alkyl halides is 1. The summed E-state index contributed by atoms with van der Waals surface area (Å²) in [4.78, 5) is 24.5. The van der Waals surface area contributed by atoms with E-state index in [2.05, 4.69) is 12.6 Å². The summed E-state index contributed by atoms with van der Waals surface area (Å²) in [5.41, 5.74) is 0. The number of carbonyl (C=O) groups is 2. The second-order valence-corrected chi connectivity index (χ2v) is 4.23. The standard InChI is InChI=1S/C10H18ClNO3S/c1-3-9(14)12(4-5-16)10(15)7(2)8(13)6-11/h7-8,13,16H,3-6H2,1-2H3/t7-,8-/m0/s1. The minimum absolute atomic E-state index is 0.0259. The van der Waals surface area contributed by atoms with Gasteiger partial charge >= 0.3 is 0 Å². The Bertz CT molecular complexity index is 250. The van der Waals surface area contributed by atoms with Crippen LogP contribution < -0.4 is 0 Å². The molecular weight excluding hydrogens is 250 g/mol. The molecule has 94 valence electrons. The van der Waals surface area contributed by atoms with Gasteiger partial charge in [-0.25, -0.2) is 0 Å². The van der Waals surface area contributed by atoms with Crippen LogP contribution in [0.15, 0.2) is 0 Å². The topological polar surface area (TPSA) is 57.6 Å². The Morgan fingerprint density at radius 1 is 1.50 bits per heavy atom. The highest BCUT2D eigenvalue weighted by Crippen LogP contribution is 2.11. The number of halogens is 1. The molecule has 0 spiro atoms. The molecule has 0 aromatic rings. The van der Waals surface area contributed by atoms with Gasteiger partial charge in [0, 0.05) is 24.6 Å². The second kappa shape index (κ2) is 7.92. The molecule has 0 aliphatic rings. The highest BCUT2D eigenvalue weighted by atomic mass is 35.5. The van der Waals surface area contributed by atoms with Gasteiger partial charge in [0.05, 0.1) is 12.0 Å². The molecule has 16 heavy (non-hydrogen) atoms. The van der Waals surface area contributed by atoms with E-state index in [9.17, 15) is 14.7 Å². The Kier molecular flexibility index (Phi) is 7.80. The minimum Gasteiger partial charge on any atom is -0.391 e. The van der Waals surface area contributed by atoms with Crippen molar-refractivity contribution < 1.29 is 14.7 Å². The second-order valence-electron chi connectivity index (χ2n) is 3.47. The molecule has 2 amide bonds. The van der Waals surface area contributed by atoms with Crippen LogP contribution in [0.3, 0.4) is 0 Å². The quantitative estimate of drug-likeness (QED) is 0.556. The number of rotatable bonds is 6. The van der Waals surface area contributed by atoms with Gasteiger partial charge in [0.15, 0.2) is 0 Å². The first-order chi connectivity index (χ1) is 7.49. The molecule has 0 bridgehead atoms. The summed E-state index contributed by atoms with van der Waals surface area (Å²) in [6.07, 6.45) is -0.676. The highest BCUT2D eigenvalue weighted by Gasteiger charge is 2.28. The molecule has 4 nitrogen and oxygen atoms in total. The Hall–Kier alpha value is -0.260. The molecule has 2 atom stereocenters. The van der Waals surface area contributed by atoms with Crippen molar-refractivity contribution in [2.24, 2.45) is 5.92 Å². The van der Waals surface area contributed by atoms with E-state index in [1.165, 1.54) is 0 Å². The zero-order chi connectivity index (χ0) is 12.7. The fraction of sp³-hybridized carbons (Fsp3) is 0.800. The van der Waals surface area contributed by atoms with E-state index in [-0.39, 0.29) is 24.8 Å². The van der Waals surface area contributed by atoms with Crippen LogP contribution >= 0.6 is 24.2 Å². The van der Waals surface area contributed by atoms with Crippen molar-refractivity contribution in [2.75, 3.05) is 18.2 Å². The summed E-state index contributed by atoms with van der Waals surface area (Å²) in [5.74, 6) is -0.946. The third kappa shape index (κ3) is 4.31. The molecule has 0 heterocycles. The van der Waals surface area contributed by atoms with Gasteiger partial charge in [0.2, 0.25) is 11.8 Å². The van der Waals surface area contributed by atoms with Crippen LogP contribution in [-0.4, -0.2) is 46.1 Å². The lowest BCUT2D eigenvalue weighted by molar-refractivity contribution is -0.148. The fourth-order valence-electron chi connectivity index (χ4n) is 1.19. The smallest absolute Gasteiger partial charge is 0.234 e. The van der Waals surface area contributed by atoms with Gasteiger partial charge in [0.25, 0.3) is 0 Å².